The van der Waals surface area contributed by atoms with Gasteiger partial charge in [-0.15, -0.1) is 0 Å². The summed E-state index contributed by atoms with van der Waals surface area (Å²) in [5, 5.41) is 12.3. The Morgan fingerprint density at radius 3 is 2.69 bits per heavy atom. The van der Waals surface area contributed by atoms with E-state index in [0.29, 0.717) is 32.5 Å². The molecule has 1 aromatic carbocycles. The van der Waals surface area contributed by atoms with Crippen LogP contribution < -0.4 is 5.32 Å². The van der Waals surface area contributed by atoms with Gasteiger partial charge in [0.25, 0.3) is 5.91 Å². The van der Waals surface area contributed by atoms with Crippen LogP contribution in [0.4, 0.5) is 5.69 Å². The molecule has 138 valence electrons. The molecule has 1 heterocycles. The molecule has 0 saturated carbocycles. The number of hydrogen-bond donors (Lipinski definition) is 1. The summed E-state index contributed by atoms with van der Waals surface area (Å²) in [4.78, 5) is 25.9. The van der Waals surface area contributed by atoms with Gasteiger partial charge in [0.2, 0.25) is 0 Å². The van der Waals surface area contributed by atoms with Crippen molar-refractivity contribution in [3.05, 3.63) is 40.0 Å². The molecule has 6 nitrogen and oxygen atoms in total. The van der Waals surface area contributed by atoms with Gasteiger partial charge in [0.05, 0.1) is 18.2 Å². The van der Waals surface area contributed by atoms with Gasteiger partial charge in [-0.05, 0) is 60.3 Å². The van der Waals surface area contributed by atoms with Gasteiger partial charge in [-0.25, -0.2) is 0 Å². The summed E-state index contributed by atoms with van der Waals surface area (Å²) in [6, 6.07) is 7.72. The molecular weight excluding hydrogens is 398 g/mol. The number of aryl methyl sites for hydroxylation is 1. The predicted molar refractivity (Wildman–Crippen MR) is 102 cm³/mol. The van der Waals surface area contributed by atoms with E-state index in [9.17, 15) is 14.9 Å². The standard InChI is InChI=1S/C19H22BrN3O3/c1-3-26-19(25)14-6-8-23(9-7-14)18(24)15(11-21)12-22-17-5-4-13(2)10-16(17)20/h4-5,10,12,14,22H,3,6-9H2,1-2H3/b15-12-. The van der Waals surface area contributed by atoms with Crippen LogP contribution in [0.3, 0.4) is 0 Å². The fourth-order valence-electron chi connectivity index (χ4n) is 2.78. The Hall–Kier alpha value is -2.33. The molecule has 0 aliphatic carbocycles. The summed E-state index contributed by atoms with van der Waals surface area (Å²) in [6.45, 7) is 5.00. The second-order valence-corrected chi connectivity index (χ2v) is 6.97. The molecule has 26 heavy (non-hydrogen) atoms. The van der Waals surface area contributed by atoms with Crippen LogP contribution in [0.1, 0.15) is 25.3 Å². The predicted octanol–water partition coefficient (Wildman–Crippen LogP) is 3.38. The number of nitriles is 1. The van der Waals surface area contributed by atoms with Crippen molar-refractivity contribution in [3.8, 4) is 6.07 Å². The smallest absolute Gasteiger partial charge is 0.309 e. The summed E-state index contributed by atoms with van der Waals surface area (Å²) >= 11 is 3.45. The van der Waals surface area contributed by atoms with Crippen LogP contribution in [0.25, 0.3) is 0 Å². The Balaban J connectivity index is 1.98. The molecule has 0 bridgehead atoms. The number of halogens is 1. The quantitative estimate of drug-likeness (QED) is 0.449. The number of esters is 1. The molecule has 1 amide bonds. The molecule has 1 aromatic rings. The highest BCUT2D eigenvalue weighted by atomic mass is 79.9. The van der Waals surface area contributed by atoms with Crippen LogP contribution in [0.15, 0.2) is 34.4 Å². The van der Waals surface area contributed by atoms with Crippen LogP contribution in [0, 0.1) is 24.2 Å². The molecule has 0 spiro atoms. The Labute approximate surface area is 161 Å². The highest BCUT2D eigenvalue weighted by molar-refractivity contribution is 9.10. The normalized spacial score (nSPS) is 15.3. The van der Waals surface area contributed by atoms with Crippen molar-refractivity contribution in [2.75, 3.05) is 25.0 Å². The number of hydrogen-bond acceptors (Lipinski definition) is 5. The number of piperidine rings is 1. The summed E-state index contributed by atoms with van der Waals surface area (Å²) in [5.74, 6) is -0.706. The van der Waals surface area contributed by atoms with E-state index in [-0.39, 0.29) is 23.4 Å². The second-order valence-electron chi connectivity index (χ2n) is 6.12. The van der Waals surface area contributed by atoms with Gasteiger partial charge in [0.1, 0.15) is 11.6 Å². The molecule has 0 aromatic heterocycles. The lowest BCUT2D eigenvalue weighted by Gasteiger charge is -2.30. The van der Waals surface area contributed by atoms with Crippen molar-refractivity contribution in [3.63, 3.8) is 0 Å². The number of nitrogens with one attached hydrogen (secondary N) is 1. The Morgan fingerprint density at radius 1 is 1.42 bits per heavy atom. The molecule has 0 unspecified atom stereocenters. The van der Waals surface area contributed by atoms with E-state index in [2.05, 4.69) is 21.2 Å². The molecule has 1 saturated heterocycles. The summed E-state index contributed by atoms with van der Waals surface area (Å²) in [6.07, 6.45) is 2.54. The maximum Gasteiger partial charge on any atom is 0.309 e. The maximum atomic E-state index is 12.6. The largest absolute Gasteiger partial charge is 0.466 e. The Morgan fingerprint density at radius 2 is 2.12 bits per heavy atom. The molecule has 1 aliphatic heterocycles. The number of rotatable bonds is 5. The molecule has 0 atom stereocenters. The average molecular weight is 420 g/mol. The number of carbonyl (C=O) groups excluding carboxylic acids is 2. The van der Waals surface area contributed by atoms with Crippen LogP contribution in [-0.2, 0) is 14.3 Å². The Kier molecular flexibility index (Phi) is 7.22. The first-order chi connectivity index (χ1) is 12.5. The Bertz CT molecular complexity index is 747. The number of amides is 1. The van der Waals surface area contributed by atoms with Crippen LogP contribution in [-0.4, -0.2) is 36.5 Å². The van der Waals surface area contributed by atoms with Crippen molar-refractivity contribution in [2.24, 2.45) is 5.92 Å². The molecule has 0 radical (unpaired) electrons. The molecule has 1 aliphatic rings. The number of ether oxygens (including phenoxy) is 1. The van der Waals surface area contributed by atoms with Crippen LogP contribution in [0.2, 0.25) is 0 Å². The van der Waals surface area contributed by atoms with E-state index in [1.54, 1.807) is 11.8 Å². The van der Waals surface area contributed by atoms with E-state index in [1.165, 1.54) is 6.20 Å². The van der Waals surface area contributed by atoms with Gasteiger partial charge in [0, 0.05) is 23.8 Å². The fourth-order valence-corrected chi connectivity index (χ4v) is 3.39. The van der Waals surface area contributed by atoms with Crippen molar-refractivity contribution in [2.45, 2.75) is 26.7 Å². The van der Waals surface area contributed by atoms with E-state index >= 15 is 0 Å². The first-order valence-corrected chi connectivity index (χ1v) is 9.34. The molecule has 1 fully saturated rings. The SMILES string of the molecule is CCOC(=O)C1CCN(C(=O)/C(C#N)=C\Nc2ccc(C)cc2Br)CC1. The first kappa shape index (κ1) is 20.0. The zero-order valence-corrected chi connectivity index (χ0v) is 16.5. The van der Waals surface area contributed by atoms with Crippen LogP contribution >= 0.6 is 15.9 Å². The van der Waals surface area contributed by atoms with Gasteiger partial charge >= 0.3 is 5.97 Å². The molecular formula is C19H22BrN3O3. The highest BCUT2D eigenvalue weighted by Gasteiger charge is 2.29. The number of likely N-dealkylation sites (tertiary alicyclic amines) is 1. The lowest BCUT2D eigenvalue weighted by Crippen LogP contribution is -2.41. The maximum absolute atomic E-state index is 12.6. The number of anilines is 1. The van der Waals surface area contributed by atoms with Crippen molar-refractivity contribution in [1.82, 2.24) is 4.90 Å². The lowest BCUT2D eigenvalue weighted by molar-refractivity contribution is -0.150. The van der Waals surface area contributed by atoms with E-state index in [0.717, 1.165) is 15.7 Å². The average Bonchev–Trinajstić information content (AvgIpc) is 2.64. The lowest BCUT2D eigenvalue weighted by atomic mass is 9.96. The van der Waals surface area contributed by atoms with Gasteiger partial charge in [-0.3, -0.25) is 9.59 Å². The van der Waals surface area contributed by atoms with E-state index in [4.69, 9.17) is 4.74 Å². The minimum Gasteiger partial charge on any atom is -0.466 e. The van der Waals surface area contributed by atoms with Crippen molar-refractivity contribution < 1.29 is 14.3 Å². The third-order valence-corrected chi connectivity index (χ3v) is 4.91. The molecule has 2 rings (SSSR count). The number of nitrogens with zero attached hydrogens (tertiary/aromatic N) is 2. The van der Waals surface area contributed by atoms with Crippen molar-refractivity contribution >= 4 is 33.5 Å². The summed E-state index contributed by atoms with van der Waals surface area (Å²) < 4.78 is 5.89. The third-order valence-electron chi connectivity index (χ3n) is 4.25. The van der Waals surface area contributed by atoms with Gasteiger partial charge in [-0.1, -0.05) is 6.07 Å². The first-order valence-electron chi connectivity index (χ1n) is 8.55. The molecule has 1 N–H and O–H groups in total. The fraction of sp³-hybridized carbons (Fsp3) is 0.421. The number of benzene rings is 1. The highest BCUT2D eigenvalue weighted by Crippen LogP contribution is 2.24. The third kappa shape index (κ3) is 5.09. The minimum absolute atomic E-state index is 0.0343. The second kappa shape index (κ2) is 9.39. The van der Waals surface area contributed by atoms with Gasteiger partial charge in [-0.2, -0.15) is 5.26 Å². The van der Waals surface area contributed by atoms with Crippen molar-refractivity contribution in [1.29, 1.82) is 5.26 Å². The zero-order chi connectivity index (χ0) is 19.1. The monoisotopic (exact) mass is 419 g/mol. The minimum atomic E-state index is -0.328. The topological polar surface area (TPSA) is 82.4 Å². The van der Waals surface area contributed by atoms with Gasteiger partial charge < -0.3 is 15.0 Å². The summed E-state index contributed by atoms with van der Waals surface area (Å²) in [5.41, 5.74) is 1.91. The molecule has 7 heteroatoms. The number of carbonyl (C=O) groups is 2. The van der Waals surface area contributed by atoms with E-state index in [1.807, 2.05) is 31.2 Å². The summed E-state index contributed by atoms with van der Waals surface area (Å²) in [7, 11) is 0. The van der Waals surface area contributed by atoms with E-state index < -0.39 is 0 Å². The van der Waals surface area contributed by atoms with Gasteiger partial charge in [0.15, 0.2) is 0 Å². The van der Waals surface area contributed by atoms with Crippen LogP contribution in [0.5, 0.6) is 0 Å². The zero-order valence-electron chi connectivity index (χ0n) is 14.9.